The van der Waals surface area contributed by atoms with Gasteiger partial charge < -0.3 is 14.0 Å². The maximum atomic E-state index is 5.57. The maximum absolute atomic E-state index is 5.57. The summed E-state index contributed by atoms with van der Waals surface area (Å²) in [6.07, 6.45) is 4.17. The van der Waals surface area contributed by atoms with Crippen molar-refractivity contribution in [2.45, 2.75) is 23.0 Å². The maximum Gasteiger partial charge on any atom is 0.175 e. The lowest BCUT2D eigenvalue weighted by molar-refractivity contribution is 0.394. The van der Waals surface area contributed by atoms with E-state index in [4.69, 9.17) is 14.5 Å². The van der Waals surface area contributed by atoms with Crippen LogP contribution in [-0.4, -0.2) is 33.7 Å². The monoisotopic (exact) mass is 468 g/mol. The van der Waals surface area contributed by atoms with Crippen LogP contribution in [0.1, 0.15) is 5.56 Å². The van der Waals surface area contributed by atoms with Crippen LogP contribution in [0.5, 0.6) is 11.5 Å². The Morgan fingerprint density at radius 2 is 1.68 bits per heavy atom. The van der Waals surface area contributed by atoms with Gasteiger partial charge in [-0.15, -0.1) is 0 Å². The minimum atomic E-state index is 0.743. The zero-order chi connectivity index (χ0) is 23.3. The van der Waals surface area contributed by atoms with Crippen molar-refractivity contribution in [3.63, 3.8) is 0 Å². The number of methoxy groups -OCH3 is 2. The molecule has 2 heterocycles. The molecular formula is C27H24N4O2S. The van der Waals surface area contributed by atoms with Crippen LogP contribution in [-0.2, 0) is 13.0 Å². The van der Waals surface area contributed by atoms with Crippen LogP contribution in [0.4, 0.5) is 0 Å². The summed E-state index contributed by atoms with van der Waals surface area (Å²) in [5, 5.41) is 0.836. The lowest BCUT2D eigenvalue weighted by Gasteiger charge is -2.12. The molecule has 34 heavy (non-hydrogen) atoms. The summed E-state index contributed by atoms with van der Waals surface area (Å²) in [6.45, 7) is 0.743. The highest BCUT2D eigenvalue weighted by Gasteiger charge is 2.16. The second kappa shape index (κ2) is 9.97. The fraction of sp³-hybridized carbons (Fsp3) is 0.148. The fourth-order valence-electron chi connectivity index (χ4n) is 3.83. The Balaban J connectivity index is 1.42. The Kier molecular flexibility index (Phi) is 6.44. The van der Waals surface area contributed by atoms with E-state index in [-0.39, 0.29) is 0 Å². The van der Waals surface area contributed by atoms with Crippen LogP contribution in [0.25, 0.3) is 22.3 Å². The van der Waals surface area contributed by atoms with Crippen LogP contribution in [0.2, 0.25) is 0 Å². The minimum absolute atomic E-state index is 0.743. The van der Waals surface area contributed by atoms with Crippen molar-refractivity contribution in [2.24, 2.45) is 0 Å². The molecule has 6 nitrogen and oxygen atoms in total. The average Bonchev–Trinajstić information content (AvgIpc) is 3.25. The summed E-state index contributed by atoms with van der Waals surface area (Å²) in [5.41, 5.74) is 5.28. The molecule has 0 saturated carbocycles. The number of imidazole rings is 1. The summed E-state index contributed by atoms with van der Waals surface area (Å²) >= 11 is 1.53. The van der Waals surface area contributed by atoms with Crippen molar-refractivity contribution < 1.29 is 9.47 Å². The van der Waals surface area contributed by atoms with Crippen molar-refractivity contribution in [3.05, 3.63) is 90.9 Å². The molecule has 0 bridgehead atoms. The van der Waals surface area contributed by atoms with Gasteiger partial charge in [0.05, 0.1) is 25.3 Å². The van der Waals surface area contributed by atoms with Crippen LogP contribution in [0.3, 0.4) is 0 Å². The Morgan fingerprint density at radius 1 is 0.882 bits per heavy atom. The second-order valence-corrected chi connectivity index (χ2v) is 8.72. The molecule has 0 saturated heterocycles. The lowest BCUT2D eigenvalue weighted by atomic mass is 10.0. The van der Waals surface area contributed by atoms with Crippen LogP contribution in [0.15, 0.2) is 95.4 Å². The number of rotatable bonds is 8. The van der Waals surface area contributed by atoms with E-state index in [1.54, 1.807) is 26.7 Å². The van der Waals surface area contributed by atoms with Gasteiger partial charge in [-0.05, 0) is 53.1 Å². The topological polar surface area (TPSA) is 62.1 Å². The highest BCUT2D eigenvalue weighted by molar-refractivity contribution is 7.99. The van der Waals surface area contributed by atoms with E-state index in [0.29, 0.717) is 0 Å². The Hall–Kier alpha value is -3.84. The Bertz CT molecular complexity index is 1400. The normalized spacial score (nSPS) is 11.0. The number of hydrogen-bond acceptors (Lipinski definition) is 6. The zero-order valence-electron chi connectivity index (χ0n) is 19.0. The molecule has 170 valence electrons. The summed E-state index contributed by atoms with van der Waals surface area (Å²) in [7, 11) is 3.32. The first kappa shape index (κ1) is 22.0. The molecule has 0 radical (unpaired) electrons. The highest BCUT2D eigenvalue weighted by atomic mass is 32.2. The number of aryl methyl sites for hydroxylation is 2. The van der Waals surface area contributed by atoms with Gasteiger partial charge in [0.2, 0.25) is 0 Å². The quantitative estimate of drug-likeness (QED) is 0.282. The molecule has 5 rings (SSSR count). The van der Waals surface area contributed by atoms with Crippen LogP contribution < -0.4 is 9.47 Å². The molecule has 0 fully saturated rings. The number of nitrogens with zero attached hydrogens (tertiary/aromatic N) is 4. The largest absolute Gasteiger partial charge is 0.497 e. The number of benzene rings is 3. The lowest BCUT2D eigenvalue weighted by Crippen LogP contribution is -2.04. The third-order valence-corrected chi connectivity index (χ3v) is 6.67. The van der Waals surface area contributed by atoms with Crippen molar-refractivity contribution in [1.82, 2.24) is 19.5 Å². The predicted molar refractivity (Wildman–Crippen MR) is 135 cm³/mol. The Morgan fingerprint density at radius 3 is 2.44 bits per heavy atom. The summed E-state index contributed by atoms with van der Waals surface area (Å²) in [6, 6.07) is 24.9. The molecule has 0 amide bonds. The van der Waals surface area contributed by atoms with E-state index in [0.717, 1.165) is 45.7 Å². The average molecular weight is 469 g/mol. The number of hydrogen-bond donors (Lipinski definition) is 0. The first-order valence-electron chi connectivity index (χ1n) is 11.0. The molecule has 7 heteroatoms. The van der Waals surface area contributed by atoms with Crippen LogP contribution >= 0.6 is 11.8 Å². The van der Waals surface area contributed by atoms with E-state index in [9.17, 15) is 0 Å². The van der Waals surface area contributed by atoms with Gasteiger partial charge in [0, 0.05) is 6.54 Å². The van der Waals surface area contributed by atoms with E-state index < -0.39 is 0 Å². The molecule has 0 aliphatic carbocycles. The molecule has 0 unspecified atom stereocenters. The molecule has 0 aliphatic rings. The van der Waals surface area contributed by atoms with Crippen molar-refractivity contribution in [1.29, 1.82) is 0 Å². The number of aromatic nitrogens is 4. The predicted octanol–water partition coefficient (Wildman–Crippen LogP) is 5.90. The van der Waals surface area contributed by atoms with Gasteiger partial charge in [-0.1, -0.05) is 54.6 Å². The molecular weight excluding hydrogens is 444 g/mol. The van der Waals surface area contributed by atoms with Gasteiger partial charge in [0.1, 0.15) is 23.3 Å². The van der Waals surface area contributed by atoms with Crippen LogP contribution in [0, 0.1) is 0 Å². The molecule has 5 aromatic rings. The third-order valence-electron chi connectivity index (χ3n) is 5.63. The molecule has 0 aliphatic heterocycles. The van der Waals surface area contributed by atoms with Crippen molar-refractivity contribution >= 4 is 22.9 Å². The van der Waals surface area contributed by atoms with Gasteiger partial charge >= 0.3 is 0 Å². The summed E-state index contributed by atoms with van der Waals surface area (Å²) in [4.78, 5) is 14.4. The van der Waals surface area contributed by atoms with E-state index in [1.807, 2.05) is 24.3 Å². The highest BCUT2D eigenvalue weighted by Crippen LogP contribution is 2.38. The molecule has 3 aromatic carbocycles. The van der Waals surface area contributed by atoms with Gasteiger partial charge in [0.15, 0.2) is 10.8 Å². The molecule has 0 N–H and O–H groups in total. The number of ether oxygens (including phenoxy) is 2. The van der Waals surface area contributed by atoms with Gasteiger partial charge in [-0.25, -0.2) is 15.0 Å². The van der Waals surface area contributed by atoms with E-state index in [2.05, 4.69) is 63.1 Å². The smallest absolute Gasteiger partial charge is 0.175 e. The molecule has 2 aromatic heterocycles. The van der Waals surface area contributed by atoms with E-state index >= 15 is 0 Å². The second-order valence-electron chi connectivity index (χ2n) is 7.71. The van der Waals surface area contributed by atoms with Gasteiger partial charge in [0.25, 0.3) is 0 Å². The van der Waals surface area contributed by atoms with Crippen molar-refractivity contribution in [2.75, 3.05) is 14.2 Å². The summed E-state index contributed by atoms with van der Waals surface area (Å²) < 4.78 is 13.1. The Labute approximate surface area is 202 Å². The molecule has 0 atom stereocenters. The fourth-order valence-corrected chi connectivity index (χ4v) is 4.89. The first-order chi connectivity index (χ1) is 16.7. The summed E-state index contributed by atoms with van der Waals surface area (Å²) in [5.74, 6) is 1.54. The van der Waals surface area contributed by atoms with Crippen molar-refractivity contribution in [3.8, 4) is 22.6 Å². The first-order valence-corrected chi connectivity index (χ1v) is 11.8. The standard InChI is InChI=1S/C27H24N4O2S/c1-32-22-12-13-24(33-2)25(16-22)34-27-30-23-17-28-18-29-26(23)31(27)15-14-19-8-10-21(11-9-19)20-6-4-3-5-7-20/h3-13,16-18H,14-15H2,1-2H3. The third kappa shape index (κ3) is 4.61. The zero-order valence-corrected chi connectivity index (χ0v) is 19.8. The van der Waals surface area contributed by atoms with Gasteiger partial charge in [-0.3, -0.25) is 0 Å². The molecule has 0 spiro atoms. The number of fused-ring (bicyclic) bond motifs is 1. The SMILES string of the molecule is COc1ccc(OC)c(Sc2nc3cncnc3n2CCc2ccc(-c3ccccc3)cc2)c1. The van der Waals surface area contributed by atoms with Gasteiger partial charge in [-0.2, -0.15) is 0 Å². The van der Waals surface area contributed by atoms with E-state index in [1.165, 1.54) is 28.5 Å². The minimum Gasteiger partial charge on any atom is -0.497 e.